The fourth-order valence-electron chi connectivity index (χ4n) is 3.13. The summed E-state index contributed by atoms with van der Waals surface area (Å²) in [4.78, 5) is 12.1. The van der Waals surface area contributed by atoms with E-state index in [1.54, 1.807) is 0 Å². The largest absolute Gasteiger partial charge is 0.368 e. The molecule has 1 aliphatic carbocycles. The lowest BCUT2D eigenvalue weighted by molar-refractivity contribution is -0.136. The van der Waals surface area contributed by atoms with E-state index in [2.05, 4.69) is 5.32 Å². The Morgan fingerprint density at radius 3 is 2.42 bits per heavy atom. The molecule has 1 amide bonds. The topological polar surface area (TPSA) is 64.3 Å². The number of ether oxygens (including phenoxy) is 1. The Hall–Kier alpha value is -0.320. The molecule has 2 atom stereocenters. The van der Waals surface area contributed by atoms with E-state index in [1.165, 1.54) is 32.1 Å². The van der Waals surface area contributed by atoms with Crippen molar-refractivity contribution >= 4 is 18.3 Å². The Morgan fingerprint density at radius 2 is 1.84 bits per heavy atom. The molecule has 0 aromatic carbocycles. The van der Waals surface area contributed by atoms with E-state index in [9.17, 15) is 4.79 Å². The molecule has 1 saturated carbocycles. The Bertz CT molecular complexity index is 264. The van der Waals surface area contributed by atoms with Gasteiger partial charge in [-0.3, -0.25) is 4.79 Å². The van der Waals surface area contributed by atoms with Crippen LogP contribution in [0.2, 0.25) is 0 Å². The minimum atomic E-state index is -0.239. The van der Waals surface area contributed by atoms with Crippen molar-refractivity contribution in [2.24, 2.45) is 11.7 Å². The van der Waals surface area contributed by atoms with Gasteiger partial charge in [0.25, 0.3) is 0 Å². The summed E-state index contributed by atoms with van der Waals surface area (Å²) < 4.78 is 5.52. The lowest BCUT2D eigenvalue weighted by atomic mass is 9.84. The third-order valence-electron chi connectivity index (χ3n) is 4.27. The van der Waals surface area contributed by atoms with Crippen molar-refractivity contribution in [3.63, 3.8) is 0 Å². The molecule has 19 heavy (non-hydrogen) atoms. The number of carbonyl (C=O) groups is 1. The molecular weight excluding hydrogens is 264 g/mol. The van der Waals surface area contributed by atoms with Crippen LogP contribution in [0.25, 0.3) is 0 Å². The normalized spacial score (nSPS) is 26.3. The molecule has 2 aliphatic rings. The van der Waals surface area contributed by atoms with E-state index >= 15 is 0 Å². The Kier molecular flexibility index (Phi) is 7.73. The second kappa shape index (κ2) is 8.77. The first-order valence-electron chi connectivity index (χ1n) is 7.43. The molecule has 0 aromatic heterocycles. The molecule has 0 bridgehead atoms. The van der Waals surface area contributed by atoms with Gasteiger partial charge in [-0.05, 0) is 38.0 Å². The molecule has 1 aliphatic heterocycles. The summed E-state index contributed by atoms with van der Waals surface area (Å²) in [5.41, 5.74) is 5.83. The minimum Gasteiger partial charge on any atom is -0.368 e. The van der Waals surface area contributed by atoms with Crippen molar-refractivity contribution in [3.05, 3.63) is 0 Å². The summed E-state index contributed by atoms with van der Waals surface area (Å²) in [5, 5.41) is 3.12. The van der Waals surface area contributed by atoms with Crippen LogP contribution < -0.4 is 11.1 Å². The molecule has 1 heterocycles. The molecule has 4 nitrogen and oxygen atoms in total. The third-order valence-corrected chi connectivity index (χ3v) is 4.27. The second-order valence-corrected chi connectivity index (χ2v) is 5.60. The number of amides is 1. The van der Waals surface area contributed by atoms with Gasteiger partial charge in [-0.2, -0.15) is 0 Å². The molecule has 0 radical (unpaired) electrons. The highest BCUT2D eigenvalue weighted by atomic mass is 35.5. The van der Waals surface area contributed by atoms with Gasteiger partial charge in [-0.15, -0.1) is 12.4 Å². The third kappa shape index (κ3) is 4.93. The van der Waals surface area contributed by atoms with E-state index in [0.717, 1.165) is 25.9 Å². The van der Waals surface area contributed by atoms with Crippen molar-refractivity contribution in [3.8, 4) is 0 Å². The predicted molar refractivity (Wildman–Crippen MR) is 78.4 cm³/mol. The van der Waals surface area contributed by atoms with Crippen LogP contribution in [0.3, 0.4) is 0 Å². The monoisotopic (exact) mass is 290 g/mol. The molecule has 3 N–H and O–H groups in total. The number of nitrogens with one attached hydrogen (secondary N) is 1. The number of nitrogens with two attached hydrogens (primary N) is 1. The highest BCUT2D eigenvalue weighted by molar-refractivity contribution is 5.85. The van der Waals surface area contributed by atoms with E-state index < -0.39 is 0 Å². The maximum absolute atomic E-state index is 12.1. The van der Waals surface area contributed by atoms with Crippen molar-refractivity contribution in [1.82, 2.24) is 5.32 Å². The Labute approximate surface area is 122 Å². The smallest absolute Gasteiger partial charge is 0.249 e. The van der Waals surface area contributed by atoms with Gasteiger partial charge in [-0.25, -0.2) is 0 Å². The fourth-order valence-corrected chi connectivity index (χ4v) is 3.13. The minimum absolute atomic E-state index is 0. The number of halogens is 1. The van der Waals surface area contributed by atoms with Crippen LogP contribution in [0.15, 0.2) is 0 Å². The fraction of sp³-hybridized carbons (Fsp3) is 0.929. The van der Waals surface area contributed by atoms with Crippen molar-refractivity contribution in [2.75, 3.05) is 13.2 Å². The van der Waals surface area contributed by atoms with Gasteiger partial charge in [-0.1, -0.05) is 19.3 Å². The van der Waals surface area contributed by atoms with Crippen LogP contribution in [0.1, 0.15) is 51.4 Å². The van der Waals surface area contributed by atoms with Crippen molar-refractivity contribution in [1.29, 1.82) is 0 Å². The summed E-state index contributed by atoms with van der Waals surface area (Å²) >= 11 is 0. The van der Waals surface area contributed by atoms with Gasteiger partial charge in [0.1, 0.15) is 6.10 Å². The van der Waals surface area contributed by atoms with Gasteiger partial charge < -0.3 is 15.8 Å². The first-order valence-corrected chi connectivity index (χ1v) is 7.43. The van der Waals surface area contributed by atoms with Crippen LogP contribution in [-0.2, 0) is 9.53 Å². The second-order valence-electron chi connectivity index (χ2n) is 5.60. The maximum Gasteiger partial charge on any atom is 0.249 e. The van der Waals surface area contributed by atoms with Gasteiger partial charge in [0.2, 0.25) is 5.91 Å². The first kappa shape index (κ1) is 16.7. The van der Waals surface area contributed by atoms with Crippen LogP contribution in [-0.4, -0.2) is 31.2 Å². The number of hydrogen-bond acceptors (Lipinski definition) is 3. The van der Waals surface area contributed by atoms with E-state index in [0.29, 0.717) is 12.5 Å². The standard InChI is InChI=1S/C14H26N2O2.ClH/c15-10-12(11-6-2-1-3-7-11)16-14(17)13-8-4-5-9-18-13;/h11-13H,1-10,15H2,(H,16,17);1H. The lowest BCUT2D eigenvalue weighted by Gasteiger charge is -2.32. The van der Waals surface area contributed by atoms with Gasteiger partial charge in [0, 0.05) is 19.2 Å². The lowest BCUT2D eigenvalue weighted by Crippen LogP contribution is -2.50. The average Bonchev–Trinajstić information content (AvgIpc) is 2.46. The summed E-state index contributed by atoms with van der Waals surface area (Å²) in [6, 6.07) is 0.142. The zero-order chi connectivity index (χ0) is 12.8. The molecule has 0 spiro atoms. The van der Waals surface area contributed by atoms with Gasteiger partial charge in [0.15, 0.2) is 0 Å². The van der Waals surface area contributed by atoms with Crippen LogP contribution in [0.5, 0.6) is 0 Å². The first-order chi connectivity index (χ1) is 8.81. The summed E-state index contributed by atoms with van der Waals surface area (Å²) in [6.45, 7) is 1.26. The molecule has 2 rings (SSSR count). The van der Waals surface area contributed by atoms with Crippen molar-refractivity contribution < 1.29 is 9.53 Å². The van der Waals surface area contributed by atoms with Crippen LogP contribution in [0, 0.1) is 5.92 Å². The van der Waals surface area contributed by atoms with E-state index in [1.807, 2.05) is 0 Å². The molecule has 5 heteroatoms. The molecule has 112 valence electrons. The zero-order valence-electron chi connectivity index (χ0n) is 11.6. The molecule has 2 fully saturated rings. The maximum atomic E-state index is 12.1. The Morgan fingerprint density at radius 1 is 1.16 bits per heavy atom. The Balaban J connectivity index is 0.00000180. The SMILES string of the molecule is Cl.NCC(NC(=O)C1CCCCO1)C1CCCCC1. The van der Waals surface area contributed by atoms with Crippen LogP contribution >= 0.6 is 12.4 Å². The number of rotatable bonds is 4. The van der Waals surface area contributed by atoms with Crippen LogP contribution in [0.4, 0.5) is 0 Å². The predicted octanol–water partition coefficient (Wildman–Crippen LogP) is 2.00. The van der Waals surface area contributed by atoms with Gasteiger partial charge in [0.05, 0.1) is 0 Å². The average molecular weight is 291 g/mol. The highest BCUT2D eigenvalue weighted by Crippen LogP contribution is 2.26. The quantitative estimate of drug-likeness (QED) is 0.832. The molecule has 1 saturated heterocycles. The van der Waals surface area contributed by atoms with Gasteiger partial charge >= 0.3 is 0 Å². The summed E-state index contributed by atoms with van der Waals surface area (Å²) in [5.74, 6) is 0.618. The molecular formula is C14H27ClN2O2. The molecule has 0 aromatic rings. The zero-order valence-corrected chi connectivity index (χ0v) is 12.4. The highest BCUT2D eigenvalue weighted by Gasteiger charge is 2.28. The summed E-state index contributed by atoms with van der Waals surface area (Å²) in [6.07, 6.45) is 9.06. The molecule has 2 unspecified atom stereocenters. The summed E-state index contributed by atoms with van der Waals surface area (Å²) in [7, 11) is 0. The number of hydrogen-bond donors (Lipinski definition) is 2. The number of carbonyl (C=O) groups excluding carboxylic acids is 1. The van der Waals surface area contributed by atoms with E-state index in [4.69, 9.17) is 10.5 Å². The van der Waals surface area contributed by atoms with Crippen molar-refractivity contribution in [2.45, 2.75) is 63.5 Å². The van der Waals surface area contributed by atoms with E-state index in [-0.39, 0.29) is 30.5 Å².